The van der Waals surface area contributed by atoms with E-state index in [9.17, 15) is 28.3 Å². The molecule has 0 atom stereocenters. The van der Waals surface area contributed by atoms with Crippen LogP contribution in [0.25, 0.3) is 11.7 Å². The molecule has 192 valence electrons. The second-order valence-corrected chi connectivity index (χ2v) is 9.30. The monoisotopic (exact) mass is 514 g/mol. The molecule has 3 heterocycles. The molecule has 0 bridgehead atoms. The van der Waals surface area contributed by atoms with Crippen molar-refractivity contribution < 1.29 is 23.5 Å². The molecule has 0 radical (unpaired) electrons. The second-order valence-electron chi connectivity index (χ2n) is 9.30. The third-order valence-electron chi connectivity index (χ3n) is 5.95. The fraction of sp³-hybridized carbons (Fsp3) is 0.545. The molecule has 13 heteroatoms. The Labute approximate surface area is 206 Å². The van der Waals surface area contributed by atoms with Crippen molar-refractivity contribution >= 4 is 41.8 Å². The molecular formula is C22H29ClF2N6O4. The molecule has 1 saturated carbocycles. The third-order valence-corrected chi connectivity index (χ3v) is 5.95. The molecule has 2 amide bonds. The Morgan fingerprint density at radius 1 is 1.29 bits per heavy atom. The molecule has 1 saturated heterocycles. The van der Waals surface area contributed by atoms with Gasteiger partial charge in [-0.15, -0.1) is 17.5 Å². The average Bonchev–Trinajstić information content (AvgIpc) is 3.50. The average molecular weight is 515 g/mol. The maximum atomic E-state index is 13.4. The normalized spacial score (nSPS) is 17.7. The van der Waals surface area contributed by atoms with Crippen LogP contribution in [0.1, 0.15) is 55.5 Å². The van der Waals surface area contributed by atoms with Crippen molar-refractivity contribution in [1.29, 1.82) is 0 Å². The fourth-order valence-corrected chi connectivity index (χ4v) is 3.97. The highest BCUT2D eigenvalue weighted by Crippen LogP contribution is 2.29. The van der Waals surface area contributed by atoms with Crippen LogP contribution in [0.3, 0.4) is 0 Å². The van der Waals surface area contributed by atoms with Gasteiger partial charge in [-0.2, -0.15) is 4.52 Å². The van der Waals surface area contributed by atoms with E-state index in [1.807, 2.05) is 13.8 Å². The van der Waals surface area contributed by atoms with Crippen LogP contribution in [0.2, 0.25) is 0 Å². The summed E-state index contributed by atoms with van der Waals surface area (Å²) in [5.41, 5.74) is 5.13. The zero-order valence-corrected chi connectivity index (χ0v) is 20.3. The van der Waals surface area contributed by atoms with E-state index in [2.05, 4.69) is 10.4 Å². The van der Waals surface area contributed by atoms with Crippen LogP contribution in [0.5, 0.6) is 5.88 Å². The Balaban J connectivity index is 0.00000342. The molecule has 2 aromatic rings. The lowest BCUT2D eigenvalue weighted by atomic mass is 10.1. The standard InChI is InChI=1S/C22H28F2N6O4.ClH/c1-12(2)11-29-19-14(5-6-15(31)28-9-7-22(23,24)8-10-28)17(25)27-30(19)21(34)16(20(29)33)18(32)26-13-3-4-13;/h5-6,12-13,33H,3-4,7-11H2,1-2H3,(H2,25,27)(H,26,32);1H/b6-5+;. The first kappa shape index (κ1) is 26.5. The number of likely N-dealkylation sites (tertiary alicyclic amines) is 1. The van der Waals surface area contributed by atoms with Gasteiger partial charge in [0.05, 0.1) is 5.56 Å². The van der Waals surface area contributed by atoms with Gasteiger partial charge in [0.15, 0.2) is 17.0 Å². The maximum absolute atomic E-state index is 13.4. The smallest absolute Gasteiger partial charge is 0.291 e. The van der Waals surface area contributed by atoms with Crippen LogP contribution in [0, 0.1) is 5.92 Å². The van der Waals surface area contributed by atoms with Gasteiger partial charge >= 0.3 is 0 Å². The number of aromatic hydroxyl groups is 1. The molecule has 2 aliphatic rings. The summed E-state index contributed by atoms with van der Waals surface area (Å²) in [5, 5.41) is 17.7. The predicted molar refractivity (Wildman–Crippen MR) is 128 cm³/mol. The van der Waals surface area contributed by atoms with Gasteiger partial charge in [-0.25, -0.2) is 8.78 Å². The molecule has 0 aromatic carbocycles. The topological polar surface area (TPSA) is 135 Å². The number of nitrogens with two attached hydrogens (primary N) is 1. The maximum Gasteiger partial charge on any atom is 0.291 e. The van der Waals surface area contributed by atoms with E-state index >= 15 is 0 Å². The van der Waals surface area contributed by atoms with E-state index in [1.54, 1.807) is 0 Å². The number of carbonyl (C=O) groups is 2. The molecule has 2 aromatic heterocycles. The lowest BCUT2D eigenvalue weighted by molar-refractivity contribution is -0.132. The number of piperidine rings is 1. The van der Waals surface area contributed by atoms with Crippen LogP contribution in [0.4, 0.5) is 14.6 Å². The molecule has 0 spiro atoms. The van der Waals surface area contributed by atoms with Gasteiger partial charge in [0.2, 0.25) is 11.8 Å². The Morgan fingerprint density at radius 2 is 1.91 bits per heavy atom. The minimum Gasteiger partial charge on any atom is -0.494 e. The largest absolute Gasteiger partial charge is 0.494 e. The first-order valence-electron chi connectivity index (χ1n) is 11.3. The van der Waals surface area contributed by atoms with E-state index in [0.717, 1.165) is 17.4 Å². The van der Waals surface area contributed by atoms with Crippen molar-refractivity contribution in [2.24, 2.45) is 5.92 Å². The van der Waals surface area contributed by atoms with Gasteiger partial charge in [-0.1, -0.05) is 13.8 Å². The zero-order chi connectivity index (χ0) is 24.8. The fourth-order valence-electron chi connectivity index (χ4n) is 3.97. The molecule has 0 unspecified atom stereocenters. The van der Waals surface area contributed by atoms with Crippen molar-refractivity contribution in [3.8, 4) is 5.88 Å². The van der Waals surface area contributed by atoms with E-state index in [4.69, 9.17) is 5.73 Å². The number of nitrogens with zero attached hydrogens (tertiary/aromatic N) is 4. The summed E-state index contributed by atoms with van der Waals surface area (Å²) >= 11 is 0. The number of halogens is 3. The van der Waals surface area contributed by atoms with Crippen LogP contribution >= 0.6 is 12.4 Å². The van der Waals surface area contributed by atoms with Crippen molar-refractivity contribution in [3.05, 3.63) is 27.6 Å². The summed E-state index contributed by atoms with van der Waals surface area (Å²) in [6, 6.07) is -0.0255. The number of aromatic nitrogens is 3. The van der Waals surface area contributed by atoms with Gasteiger partial charge in [0.1, 0.15) is 0 Å². The van der Waals surface area contributed by atoms with Crippen molar-refractivity contribution in [3.63, 3.8) is 0 Å². The number of hydrogen-bond donors (Lipinski definition) is 3. The molecule has 1 aliphatic carbocycles. The second kappa shape index (κ2) is 9.84. The summed E-state index contributed by atoms with van der Waals surface area (Å²) < 4.78 is 29.1. The van der Waals surface area contributed by atoms with Crippen molar-refractivity contribution in [1.82, 2.24) is 24.4 Å². The summed E-state index contributed by atoms with van der Waals surface area (Å²) in [7, 11) is 0. The Kier molecular flexibility index (Phi) is 7.44. The zero-order valence-electron chi connectivity index (χ0n) is 19.5. The van der Waals surface area contributed by atoms with Crippen LogP contribution in [-0.2, 0) is 11.3 Å². The van der Waals surface area contributed by atoms with Crippen LogP contribution in [0.15, 0.2) is 10.9 Å². The highest BCUT2D eigenvalue weighted by Gasteiger charge is 2.35. The lowest BCUT2D eigenvalue weighted by Crippen LogP contribution is -2.42. The Morgan fingerprint density at radius 3 is 2.49 bits per heavy atom. The highest BCUT2D eigenvalue weighted by atomic mass is 35.5. The first-order valence-corrected chi connectivity index (χ1v) is 11.3. The van der Waals surface area contributed by atoms with E-state index in [-0.39, 0.29) is 61.0 Å². The summed E-state index contributed by atoms with van der Waals surface area (Å²) in [6.45, 7) is 3.88. The summed E-state index contributed by atoms with van der Waals surface area (Å²) in [5.74, 6) is -4.52. The lowest BCUT2D eigenvalue weighted by Gasteiger charge is -2.30. The first-order chi connectivity index (χ1) is 16.0. The van der Waals surface area contributed by atoms with Gasteiger partial charge in [0.25, 0.3) is 17.4 Å². The number of nitrogens with one attached hydrogen (secondary N) is 1. The molecule has 2 fully saturated rings. The molecular weight excluding hydrogens is 486 g/mol. The van der Waals surface area contributed by atoms with Crippen molar-refractivity contribution in [2.75, 3.05) is 18.8 Å². The molecule has 10 nitrogen and oxygen atoms in total. The van der Waals surface area contributed by atoms with Crippen LogP contribution < -0.4 is 16.6 Å². The minimum absolute atomic E-state index is 0. The van der Waals surface area contributed by atoms with E-state index in [1.165, 1.54) is 21.6 Å². The molecule has 35 heavy (non-hydrogen) atoms. The minimum atomic E-state index is -2.78. The van der Waals surface area contributed by atoms with E-state index < -0.39 is 47.6 Å². The molecule has 1 aliphatic heterocycles. The summed E-state index contributed by atoms with van der Waals surface area (Å²) in [4.78, 5) is 39.6. The van der Waals surface area contributed by atoms with Gasteiger partial charge < -0.3 is 21.1 Å². The SMILES string of the molecule is CC(C)Cn1c(O)c(C(=O)NC2CC2)c(=O)n2nc(N)c(/C=C/C(=O)N3CCC(F)(F)CC3)c12.Cl. The number of nitrogen functional groups attached to an aromatic ring is 1. The number of anilines is 1. The predicted octanol–water partition coefficient (Wildman–Crippen LogP) is 2.02. The number of hydrogen-bond acceptors (Lipinski definition) is 6. The van der Waals surface area contributed by atoms with E-state index in [0.29, 0.717) is 0 Å². The number of fused-ring (bicyclic) bond motifs is 1. The van der Waals surface area contributed by atoms with Gasteiger partial charge in [0, 0.05) is 44.6 Å². The Bertz CT molecular complexity index is 1220. The number of amides is 2. The summed E-state index contributed by atoms with van der Waals surface area (Å²) in [6.07, 6.45) is 3.35. The molecule has 4 rings (SSSR count). The third kappa shape index (κ3) is 5.42. The Hall–Kier alpha value is -3.15. The van der Waals surface area contributed by atoms with Gasteiger partial charge in [-0.05, 0) is 24.8 Å². The number of alkyl halides is 2. The van der Waals surface area contributed by atoms with Crippen LogP contribution in [-0.4, -0.2) is 61.1 Å². The highest BCUT2D eigenvalue weighted by molar-refractivity contribution is 5.97. The molecule has 4 N–H and O–H groups in total. The number of rotatable bonds is 6. The quantitative estimate of drug-likeness (QED) is 0.505. The number of carbonyl (C=O) groups excluding carboxylic acids is 2. The van der Waals surface area contributed by atoms with Gasteiger partial charge in [-0.3, -0.25) is 19.0 Å². The van der Waals surface area contributed by atoms with Crippen molar-refractivity contribution in [2.45, 2.75) is 58.0 Å².